The molecule has 0 saturated carbocycles. The highest BCUT2D eigenvalue weighted by molar-refractivity contribution is 5.99. The molecule has 4 aromatic rings. The largest absolute Gasteiger partial charge is 0.454 e. The van der Waals surface area contributed by atoms with Crippen molar-refractivity contribution < 1.29 is 27.4 Å². The average molecular weight is 635 g/mol. The summed E-state index contributed by atoms with van der Waals surface area (Å²) < 4.78 is 55.3. The van der Waals surface area contributed by atoms with Crippen LogP contribution in [0.2, 0.25) is 0 Å². The van der Waals surface area contributed by atoms with Gasteiger partial charge in [-0.15, -0.1) is 0 Å². The van der Waals surface area contributed by atoms with E-state index in [9.17, 15) is 18.8 Å². The van der Waals surface area contributed by atoms with Gasteiger partial charge in [0.25, 0.3) is 5.91 Å². The first-order chi connectivity index (χ1) is 22.0. The minimum atomic E-state index is -1.19. The number of nitrogens with zero attached hydrogens (tertiary/aromatic N) is 6. The molecule has 1 fully saturated rings. The van der Waals surface area contributed by atoms with Gasteiger partial charge in [0.15, 0.2) is 17.2 Å². The van der Waals surface area contributed by atoms with Crippen molar-refractivity contribution in [2.24, 2.45) is 0 Å². The van der Waals surface area contributed by atoms with E-state index in [0.29, 0.717) is 37.2 Å². The highest BCUT2D eigenvalue weighted by atomic mass is 19.2. The van der Waals surface area contributed by atoms with Crippen LogP contribution in [0.5, 0.6) is 11.5 Å². The third-order valence-electron chi connectivity index (χ3n) is 7.66. The van der Waals surface area contributed by atoms with Crippen LogP contribution < -0.4 is 15.8 Å². The van der Waals surface area contributed by atoms with Crippen molar-refractivity contribution in [3.63, 3.8) is 0 Å². The molecule has 1 amide bonds. The number of nitriles is 1. The van der Waals surface area contributed by atoms with Crippen molar-refractivity contribution in [3.05, 3.63) is 71.8 Å². The zero-order valence-corrected chi connectivity index (χ0v) is 25.6. The number of aromatic nitrogens is 4. The zero-order valence-electron chi connectivity index (χ0n) is 25.6. The lowest BCUT2D eigenvalue weighted by Crippen LogP contribution is -2.42. The minimum absolute atomic E-state index is 0.0156. The number of fused-ring (bicyclic) bond motifs is 1. The van der Waals surface area contributed by atoms with Crippen molar-refractivity contribution in [1.29, 1.82) is 5.26 Å². The van der Waals surface area contributed by atoms with Crippen LogP contribution in [0.3, 0.4) is 0 Å². The number of nitrogen functional groups attached to an aromatic ring is 1. The van der Waals surface area contributed by atoms with Crippen molar-refractivity contribution in [2.75, 3.05) is 32.5 Å². The highest BCUT2D eigenvalue weighted by Crippen LogP contribution is 2.35. The van der Waals surface area contributed by atoms with Gasteiger partial charge >= 0.3 is 0 Å². The van der Waals surface area contributed by atoms with Crippen LogP contribution >= 0.6 is 0 Å². The average Bonchev–Trinajstić information content (AvgIpc) is 3.64. The number of nitrogens with two attached hydrogens (primary N) is 1. The molecular weight excluding hydrogens is 601 g/mol. The van der Waals surface area contributed by atoms with Crippen LogP contribution in [0.1, 0.15) is 26.7 Å². The summed E-state index contributed by atoms with van der Waals surface area (Å²) in [6.07, 6.45) is 4.26. The van der Waals surface area contributed by atoms with E-state index in [2.05, 4.69) is 26.5 Å². The van der Waals surface area contributed by atoms with Gasteiger partial charge in [0, 0.05) is 37.4 Å². The van der Waals surface area contributed by atoms with E-state index in [1.54, 1.807) is 22.8 Å². The maximum absolute atomic E-state index is 15.5. The predicted molar refractivity (Wildman–Crippen MR) is 164 cm³/mol. The number of benzene rings is 2. The fourth-order valence-electron chi connectivity index (χ4n) is 5.46. The molecule has 46 heavy (non-hydrogen) atoms. The lowest BCUT2D eigenvalue weighted by atomic mass is 10.0. The Bertz CT molecular complexity index is 1840. The Kier molecular flexibility index (Phi) is 9.54. The summed E-state index contributed by atoms with van der Waals surface area (Å²) in [5.41, 5.74) is 6.14. The van der Waals surface area contributed by atoms with Crippen LogP contribution in [0.15, 0.2) is 54.4 Å². The summed E-state index contributed by atoms with van der Waals surface area (Å²) in [6, 6.07) is 8.99. The summed E-state index contributed by atoms with van der Waals surface area (Å²) in [4.78, 5) is 23.6. The molecule has 14 heteroatoms. The van der Waals surface area contributed by atoms with Gasteiger partial charge in [-0.05, 0) is 57.0 Å². The van der Waals surface area contributed by atoms with Crippen molar-refractivity contribution in [2.45, 2.75) is 44.8 Å². The molecule has 0 radical (unpaired) electrons. The van der Waals surface area contributed by atoms with Gasteiger partial charge in [0.2, 0.25) is 5.82 Å². The van der Waals surface area contributed by atoms with E-state index in [-0.39, 0.29) is 41.0 Å². The number of nitrogens with one attached hydrogen (secondary N) is 1. The number of amides is 1. The first kappa shape index (κ1) is 32.4. The molecule has 1 saturated heterocycles. The topological polar surface area (TPSA) is 144 Å². The van der Waals surface area contributed by atoms with Crippen LogP contribution in [0, 0.1) is 28.8 Å². The molecule has 1 atom stereocenters. The first-order valence-electron chi connectivity index (χ1n) is 14.6. The number of hydrogen-bond acceptors (Lipinski definition) is 9. The Labute approximate surface area is 263 Å². The smallest absolute Gasteiger partial charge is 0.264 e. The maximum atomic E-state index is 15.5. The second-order valence-corrected chi connectivity index (χ2v) is 11.4. The van der Waals surface area contributed by atoms with Crippen LogP contribution in [0.25, 0.3) is 22.3 Å². The second-order valence-electron chi connectivity index (χ2n) is 11.4. The molecule has 240 valence electrons. The SMILES string of the molecule is COCCNC(C)(C)/C=C(/C#N)C(=O)N1CCC[C@@H]1Cn1nc(-c2ccc(Oc3cccc(F)c3F)cc2F)c2c(N)ncnc21. The highest BCUT2D eigenvalue weighted by Gasteiger charge is 2.33. The number of anilines is 1. The fraction of sp³-hybridized carbons (Fsp3) is 0.344. The van der Waals surface area contributed by atoms with Gasteiger partial charge in [-0.3, -0.25) is 4.79 Å². The van der Waals surface area contributed by atoms with E-state index in [4.69, 9.17) is 15.2 Å². The lowest BCUT2D eigenvalue weighted by molar-refractivity contribution is -0.127. The van der Waals surface area contributed by atoms with Gasteiger partial charge in [-0.1, -0.05) is 6.07 Å². The van der Waals surface area contributed by atoms with Gasteiger partial charge in [-0.2, -0.15) is 14.8 Å². The predicted octanol–water partition coefficient (Wildman–Crippen LogP) is 4.74. The van der Waals surface area contributed by atoms with E-state index >= 15 is 4.39 Å². The molecular formula is C32H33F3N8O3. The Morgan fingerprint density at radius 3 is 2.76 bits per heavy atom. The molecule has 3 N–H and O–H groups in total. The molecule has 2 aromatic carbocycles. The summed E-state index contributed by atoms with van der Waals surface area (Å²) in [5.74, 6) is -3.82. The molecule has 1 aliphatic rings. The number of likely N-dealkylation sites (tertiary alicyclic amines) is 1. The number of rotatable bonds is 11. The van der Waals surface area contributed by atoms with Crippen LogP contribution in [-0.2, 0) is 16.1 Å². The molecule has 0 aliphatic carbocycles. The van der Waals surface area contributed by atoms with Crippen molar-refractivity contribution in [3.8, 4) is 28.8 Å². The zero-order chi connectivity index (χ0) is 33.0. The fourth-order valence-corrected chi connectivity index (χ4v) is 5.46. The number of hydrogen-bond donors (Lipinski definition) is 2. The molecule has 0 spiro atoms. The van der Waals surface area contributed by atoms with Gasteiger partial charge in [0.1, 0.15) is 41.0 Å². The second kappa shape index (κ2) is 13.6. The first-order valence-corrected chi connectivity index (χ1v) is 14.6. The molecule has 0 unspecified atom stereocenters. The standard InChI is InChI=1S/C32H33F3N8O3/c1-32(2,40-11-13-45-3)15-19(16-36)31(44)42-12-5-6-20(42)17-43-30-26(29(37)38-18-39-30)28(41-43)22-10-9-21(14-24(22)34)46-25-8-4-7-23(33)27(25)35/h4,7-10,14-15,18,20,40H,5-6,11-13,17H2,1-3H3,(H2,37,38,39)/b19-15-/t20-/m1/s1. The van der Waals surface area contributed by atoms with Gasteiger partial charge in [0.05, 0.1) is 24.6 Å². The lowest BCUT2D eigenvalue weighted by Gasteiger charge is -2.27. The summed E-state index contributed by atoms with van der Waals surface area (Å²) in [6.45, 7) is 5.41. The Morgan fingerprint density at radius 1 is 1.22 bits per heavy atom. The van der Waals surface area contributed by atoms with E-state index in [1.165, 1.54) is 30.6 Å². The number of ether oxygens (including phenoxy) is 2. The molecule has 5 rings (SSSR count). The third-order valence-corrected chi connectivity index (χ3v) is 7.66. The van der Waals surface area contributed by atoms with Gasteiger partial charge in [-0.25, -0.2) is 23.4 Å². The van der Waals surface area contributed by atoms with Gasteiger partial charge < -0.3 is 25.4 Å². The van der Waals surface area contributed by atoms with Crippen LogP contribution in [-0.4, -0.2) is 68.9 Å². The number of carbonyl (C=O) groups is 1. The minimum Gasteiger partial charge on any atom is -0.454 e. The Hall–Kier alpha value is -5.00. The summed E-state index contributed by atoms with van der Waals surface area (Å²) >= 11 is 0. The molecule has 0 bridgehead atoms. The van der Waals surface area contributed by atoms with E-state index in [1.807, 2.05) is 13.8 Å². The molecule has 3 heterocycles. The normalized spacial score (nSPS) is 15.4. The number of halogens is 3. The van der Waals surface area contributed by atoms with E-state index < -0.39 is 34.6 Å². The molecule has 1 aliphatic heterocycles. The Morgan fingerprint density at radius 2 is 2.02 bits per heavy atom. The quantitative estimate of drug-likeness (QED) is 0.136. The molecule has 11 nitrogen and oxygen atoms in total. The van der Waals surface area contributed by atoms with Crippen molar-refractivity contribution >= 4 is 22.8 Å². The third kappa shape index (κ3) is 6.80. The Balaban J connectivity index is 1.43. The summed E-state index contributed by atoms with van der Waals surface area (Å²) in [7, 11) is 1.59. The van der Waals surface area contributed by atoms with Crippen LogP contribution in [0.4, 0.5) is 19.0 Å². The summed E-state index contributed by atoms with van der Waals surface area (Å²) in [5, 5.41) is 18.1. The van der Waals surface area contributed by atoms with Crippen molar-refractivity contribution in [1.82, 2.24) is 30.0 Å². The number of methoxy groups -OCH3 is 1. The van der Waals surface area contributed by atoms with E-state index in [0.717, 1.165) is 18.6 Å². The number of carbonyl (C=O) groups excluding carboxylic acids is 1. The maximum Gasteiger partial charge on any atom is 0.264 e. The molecule has 2 aromatic heterocycles. The monoisotopic (exact) mass is 634 g/mol.